The molecule has 0 unspecified atom stereocenters. The molecule has 0 radical (unpaired) electrons. The van der Waals surface area contributed by atoms with Crippen molar-refractivity contribution in [1.82, 2.24) is 4.98 Å². The van der Waals surface area contributed by atoms with E-state index in [0.717, 1.165) is 13.4 Å². The summed E-state index contributed by atoms with van der Waals surface area (Å²) >= 11 is 11.4. The number of anilines is 2. The van der Waals surface area contributed by atoms with Crippen LogP contribution in [0, 0.1) is 0 Å². The van der Waals surface area contributed by atoms with E-state index in [4.69, 9.17) is 5.73 Å². The summed E-state index contributed by atoms with van der Waals surface area (Å²) in [6, 6.07) is 3.69. The van der Waals surface area contributed by atoms with Crippen molar-refractivity contribution < 1.29 is 4.79 Å². The molecule has 4 nitrogen and oxygen atoms in total. The lowest BCUT2D eigenvalue weighted by Crippen LogP contribution is -2.13. The molecular formula is C10H6Br3N3OS. The molecule has 8 heteroatoms. The van der Waals surface area contributed by atoms with Gasteiger partial charge in [-0.15, -0.1) is 11.3 Å². The molecule has 0 saturated heterocycles. The Labute approximate surface area is 132 Å². The number of hydrogen-bond donors (Lipinski definition) is 2. The zero-order valence-corrected chi connectivity index (χ0v) is 14.3. The SMILES string of the molecule is Nc1nc(C(=O)Nc2c(Br)cc(Br)cc2Br)cs1. The number of nitrogens with one attached hydrogen (secondary N) is 1. The molecule has 94 valence electrons. The van der Waals surface area contributed by atoms with Crippen LogP contribution in [0.1, 0.15) is 10.5 Å². The predicted molar refractivity (Wildman–Crippen MR) is 84.0 cm³/mol. The molecule has 2 rings (SSSR count). The highest BCUT2D eigenvalue weighted by atomic mass is 79.9. The van der Waals surface area contributed by atoms with E-state index < -0.39 is 0 Å². The smallest absolute Gasteiger partial charge is 0.275 e. The summed E-state index contributed by atoms with van der Waals surface area (Å²) in [6.45, 7) is 0. The van der Waals surface area contributed by atoms with Crippen molar-refractivity contribution in [2.24, 2.45) is 0 Å². The van der Waals surface area contributed by atoms with Gasteiger partial charge in [0.1, 0.15) is 5.69 Å². The maximum atomic E-state index is 11.9. The lowest BCUT2D eigenvalue weighted by Gasteiger charge is -2.09. The van der Waals surface area contributed by atoms with Crippen molar-refractivity contribution in [3.05, 3.63) is 36.6 Å². The quantitative estimate of drug-likeness (QED) is 0.710. The number of amides is 1. The van der Waals surface area contributed by atoms with Crippen LogP contribution in [0.5, 0.6) is 0 Å². The number of thiazole rings is 1. The minimum Gasteiger partial charge on any atom is -0.375 e. The van der Waals surface area contributed by atoms with Crippen molar-refractivity contribution >= 4 is 75.9 Å². The summed E-state index contributed by atoms with van der Waals surface area (Å²) in [6.07, 6.45) is 0. The molecule has 0 aliphatic rings. The van der Waals surface area contributed by atoms with Crippen LogP contribution in [0.25, 0.3) is 0 Å². The largest absolute Gasteiger partial charge is 0.375 e. The van der Waals surface area contributed by atoms with Gasteiger partial charge in [0.2, 0.25) is 0 Å². The van der Waals surface area contributed by atoms with Crippen molar-refractivity contribution in [1.29, 1.82) is 0 Å². The van der Waals surface area contributed by atoms with E-state index in [1.165, 1.54) is 11.3 Å². The molecule has 2 aromatic rings. The Morgan fingerprint density at radius 3 is 2.39 bits per heavy atom. The molecule has 3 N–H and O–H groups in total. The van der Waals surface area contributed by atoms with Crippen LogP contribution in [0.15, 0.2) is 30.9 Å². The molecule has 0 aliphatic carbocycles. The van der Waals surface area contributed by atoms with Gasteiger partial charge in [0.05, 0.1) is 5.69 Å². The molecule has 18 heavy (non-hydrogen) atoms. The summed E-state index contributed by atoms with van der Waals surface area (Å²) in [5.74, 6) is -0.299. The standard InChI is InChI=1S/C10H6Br3N3OS/c11-4-1-5(12)8(6(13)2-4)16-9(17)7-3-18-10(14)15-7/h1-3H,(H2,14,15)(H,16,17). The van der Waals surface area contributed by atoms with Crippen LogP contribution >= 0.6 is 59.1 Å². The number of carbonyl (C=O) groups excluding carboxylic acids is 1. The Morgan fingerprint density at radius 1 is 1.28 bits per heavy atom. The number of carbonyl (C=O) groups is 1. The molecule has 0 spiro atoms. The fourth-order valence-electron chi connectivity index (χ4n) is 1.23. The number of nitrogen functional groups attached to an aromatic ring is 1. The van der Waals surface area contributed by atoms with Gasteiger partial charge in [0, 0.05) is 18.8 Å². The molecule has 1 amide bonds. The van der Waals surface area contributed by atoms with Crippen LogP contribution in [-0.2, 0) is 0 Å². The molecule has 0 saturated carbocycles. The molecule has 0 fully saturated rings. The number of nitrogens with zero attached hydrogens (tertiary/aromatic N) is 1. The molecule has 0 bridgehead atoms. The molecule has 0 aliphatic heterocycles. The number of nitrogens with two attached hydrogens (primary N) is 1. The van der Waals surface area contributed by atoms with Crippen molar-refractivity contribution in [3.63, 3.8) is 0 Å². The fourth-order valence-corrected chi connectivity index (χ4v) is 4.23. The summed E-state index contributed by atoms with van der Waals surface area (Å²) in [5.41, 5.74) is 6.44. The van der Waals surface area contributed by atoms with Gasteiger partial charge in [-0.25, -0.2) is 4.98 Å². The van der Waals surface area contributed by atoms with Crippen LogP contribution in [0.3, 0.4) is 0 Å². The van der Waals surface area contributed by atoms with Gasteiger partial charge in [0.15, 0.2) is 5.13 Å². The Morgan fingerprint density at radius 2 is 1.89 bits per heavy atom. The minimum atomic E-state index is -0.299. The molecular weight excluding hydrogens is 450 g/mol. The first-order valence-electron chi connectivity index (χ1n) is 4.64. The van der Waals surface area contributed by atoms with Gasteiger partial charge in [-0.1, -0.05) is 15.9 Å². The van der Waals surface area contributed by atoms with Gasteiger partial charge in [-0.3, -0.25) is 4.79 Å². The van der Waals surface area contributed by atoms with E-state index in [9.17, 15) is 4.79 Å². The van der Waals surface area contributed by atoms with Gasteiger partial charge < -0.3 is 11.1 Å². The van der Waals surface area contributed by atoms with Crippen molar-refractivity contribution in [3.8, 4) is 0 Å². The highest BCUT2D eigenvalue weighted by Gasteiger charge is 2.14. The van der Waals surface area contributed by atoms with Crippen molar-refractivity contribution in [2.45, 2.75) is 0 Å². The Hall–Kier alpha value is -0.440. The zero-order valence-electron chi connectivity index (χ0n) is 8.71. The third-order valence-electron chi connectivity index (χ3n) is 2.00. The van der Waals surface area contributed by atoms with Gasteiger partial charge in [-0.2, -0.15) is 0 Å². The highest BCUT2D eigenvalue weighted by molar-refractivity contribution is 9.11. The van der Waals surface area contributed by atoms with E-state index in [2.05, 4.69) is 58.1 Å². The van der Waals surface area contributed by atoms with E-state index >= 15 is 0 Å². The first-order valence-corrected chi connectivity index (χ1v) is 7.90. The van der Waals surface area contributed by atoms with Gasteiger partial charge in [-0.05, 0) is 44.0 Å². The average molecular weight is 456 g/mol. The fraction of sp³-hybridized carbons (Fsp3) is 0. The van der Waals surface area contributed by atoms with Crippen LogP contribution in [-0.4, -0.2) is 10.9 Å². The third-order valence-corrected chi connectivity index (χ3v) is 4.38. The average Bonchev–Trinajstić information content (AvgIpc) is 2.70. The van der Waals surface area contributed by atoms with Gasteiger partial charge >= 0.3 is 0 Å². The van der Waals surface area contributed by atoms with Gasteiger partial charge in [0.25, 0.3) is 5.91 Å². The number of halogens is 3. The molecule has 0 atom stereocenters. The lowest BCUT2D eigenvalue weighted by atomic mass is 10.3. The second-order valence-electron chi connectivity index (χ2n) is 3.27. The lowest BCUT2D eigenvalue weighted by molar-refractivity contribution is 0.102. The normalized spacial score (nSPS) is 10.4. The zero-order chi connectivity index (χ0) is 13.3. The number of hydrogen-bond acceptors (Lipinski definition) is 4. The third kappa shape index (κ3) is 3.11. The van der Waals surface area contributed by atoms with Crippen LogP contribution < -0.4 is 11.1 Å². The first-order chi connectivity index (χ1) is 8.47. The van der Waals surface area contributed by atoms with E-state index in [0.29, 0.717) is 16.5 Å². The van der Waals surface area contributed by atoms with E-state index in [-0.39, 0.29) is 5.91 Å². The predicted octanol–water partition coefficient (Wildman–Crippen LogP) is 4.27. The summed E-state index contributed by atoms with van der Waals surface area (Å²) < 4.78 is 2.43. The second kappa shape index (κ2) is 5.68. The summed E-state index contributed by atoms with van der Waals surface area (Å²) in [4.78, 5) is 15.9. The number of aromatic nitrogens is 1. The molecule has 1 aromatic heterocycles. The number of benzene rings is 1. The number of rotatable bonds is 2. The Bertz CT molecular complexity index is 591. The summed E-state index contributed by atoms with van der Waals surface area (Å²) in [5, 5.41) is 4.76. The minimum absolute atomic E-state index is 0.299. The van der Waals surface area contributed by atoms with Crippen LogP contribution in [0.2, 0.25) is 0 Å². The van der Waals surface area contributed by atoms with E-state index in [1.54, 1.807) is 5.38 Å². The first kappa shape index (κ1) is 14.0. The monoisotopic (exact) mass is 453 g/mol. The topological polar surface area (TPSA) is 68.0 Å². The maximum absolute atomic E-state index is 11.9. The summed E-state index contributed by atoms with van der Waals surface area (Å²) in [7, 11) is 0. The van der Waals surface area contributed by atoms with Crippen LogP contribution in [0.4, 0.5) is 10.8 Å². The Kier molecular flexibility index (Phi) is 4.41. The van der Waals surface area contributed by atoms with Crippen molar-refractivity contribution in [2.75, 3.05) is 11.1 Å². The molecule has 1 aromatic carbocycles. The maximum Gasteiger partial charge on any atom is 0.275 e. The molecule has 1 heterocycles. The van der Waals surface area contributed by atoms with E-state index in [1.807, 2.05) is 12.1 Å². The highest BCUT2D eigenvalue weighted by Crippen LogP contribution is 2.34. The second-order valence-corrected chi connectivity index (χ2v) is 6.78. The Balaban J connectivity index is 2.27.